The van der Waals surface area contributed by atoms with Crippen LogP contribution >= 0.6 is 0 Å². The normalized spacial score (nSPS) is 20.0. The number of hydrogen-bond donors (Lipinski definition) is 3. The number of nitro groups is 1. The van der Waals surface area contributed by atoms with Crippen molar-refractivity contribution in [3.63, 3.8) is 0 Å². The van der Waals surface area contributed by atoms with Gasteiger partial charge in [0.05, 0.1) is 16.1 Å². The number of anilines is 2. The van der Waals surface area contributed by atoms with Gasteiger partial charge >= 0.3 is 0 Å². The Morgan fingerprint density at radius 3 is 2.51 bits per heavy atom. The second-order valence-electron chi connectivity index (χ2n) is 9.97. The van der Waals surface area contributed by atoms with Crippen LogP contribution < -0.4 is 10.6 Å². The number of aromatic nitrogens is 1. The third kappa shape index (κ3) is 3.15. The summed E-state index contributed by atoms with van der Waals surface area (Å²) in [6, 6.07) is 11.3. The van der Waals surface area contributed by atoms with Gasteiger partial charge in [-0.2, -0.15) is 5.26 Å². The van der Waals surface area contributed by atoms with Crippen LogP contribution in [0, 0.1) is 27.4 Å². The topological polar surface area (TPSA) is 167 Å². The van der Waals surface area contributed by atoms with Crippen LogP contribution in [0.2, 0.25) is 0 Å². The number of hydrogen-bond acceptors (Lipinski definition) is 7. The van der Waals surface area contributed by atoms with Gasteiger partial charge in [0.25, 0.3) is 5.69 Å². The average Bonchev–Trinajstić information content (AvgIpc) is 3.34. The van der Waals surface area contributed by atoms with Crippen LogP contribution in [-0.4, -0.2) is 32.2 Å². The van der Waals surface area contributed by atoms with Gasteiger partial charge in [0.2, 0.25) is 11.8 Å². The first-order valence-corrected chi connectivity index (χ1v) is 11.3. The van der Waals surface area contributed by atoms with Crippen molar-refractivity contribution in [1.82, 2.24) is 4.57 Å². The number of aromatic hydroxyl groups is 1. The molecular weight excluding hydrogens is 478 g/mol. The SMILES string of the molecule is CC(C)(C)n1cc(C#N)c2c1NC(=O)[C@H](C(=O)c1ccccc1O)[C@]21C(=O)Nc2ccc([N+](=O)[O-])cc21. The molecule has 2 aliphatic rings. The van der Waals surface area contributed by atoms with E-state index in [9.17, 15) is 34.9 Å². The first-order chi connectivity index (χ1) is 17.4. The fraction of sp³-hybridized carbons (Fsp3) is 0.231. The van der Waals surface area contributed by atoms with Gasteiger partial charge in [-0.05, 0) is 39.0 Å². The summed E-state index contributed by atoms with van der Waals surface area (Å²) in [5, 5.41) is 37.6. The zero-order chi connectivity index (χ0) is 26.9. The Balaban J connectivity index is 1.93. The van der Waals surface area contributed by atoms with Crippen LogP contribution in [0.15, 0.2) is 48.7 Å². The third-order valence-electron chi connectivity index (χ3n) is 6.86. The van der Waals surface area contributed by atoms with Crippen molar-refractivity contribution in [2.24, 2.45) is 5.92 Å². The van der Waals surface area contributed by atoms with E-state index in [1.54, 1.807) is 4.57 Å². The molecule has 3 N–H and O–H groups in total. The Morgan fingerprint density at radius 1 is 1.19 bits per heavy atom. The molecule has 3 heterocycles. The predicted molar refractivity (Wildman–Crippen MR) is 131 cm³/mol. The van der Waals surface area contributed by atoms with E-state index in [4.69, 9.17) is 0 Å². The quantitative estimate of drug-likeness (QED) is 0.215. The Morgan fingerprint density at radius 2 is 1.89 bits per heavy atom. The van der Waals surface area contributed by atoms with Crippen LogP contribution in [-0.2, 0) is 20.5 Å². The smallest absolute Gasteiger partial charge is 0.269 e. The first kappa shape index (κ1) is 23.7. The van der Waals surface area contributed by atoms with Crippen molar-refractivity contribution in [2.45, 2.75) is 31.7 Å². The first-order valence-electron chi connectivity index (χ1n) is 11.3. The molecule has 2 aromatic carbocycles. The molecule has 0 bridgehead atoms. The highest BCUT2D eigenvalue weighted by atomic mass is 16.6. The lowest BCUT2D eigenvalue weighted by Gasteiger charge is -2.39. The van der Waals surface area contributed by atoms with Crippen molar-refractivity contribution < 1.29 is 24.4 Å². The number of Topliss-reactive ketones (excluding diaryl/α,β-unsaturated/α-hetero) is 1. The molecule has 3 aromatic rings. The van der Waals surface area contributed by atoms with Gasteiger partial charge in [0, 0.05) is 40.7 Å². The number of nitrogens with zero attached hydrogens (tertiary/aromatic N) is 3. The second-order valence-corrected chi connectivity index (χ2v) is 9.97. The minimum absolute atomic E-state index is 0.0227. The standard InChI is InChI=1S/C26H21N5O6/c1-25(2,3)30-12-13(11-27)19-22(30)29-23(34)20(21(33)15-6-4-5-7-18(15)32)26(19)16-10-14(31(36)37)8-9-17(16)28-24(26)35/h4-10,12,20,32H,1-3H3,(H,28,35)(H,29,34)/t20-,26+/m0/s1. The Bertz CT molecular complexity index is 1590. The number of phenols is 1. The van der Waals surface area contributed by atoms with Gasteiger partial charge in [0.1, 0.15) is 29.0 Å². The summed E-state index contributed by atoms with van der Waals surface area (Å²) >= 11 is 0. The number of ketones is 1. The number of non-ortho nitro benzene ring substituents is 1. The molecule has 11 heteroatoms. The largest absolute Gasteiger partial charge is 0.507 e. The molecule has 0 radical (unpaired) electrons. The van der Waals surface area contributed by atoms with E-state index in [1.165, 1.54) is 42.6 Å². The van der Waals surface area contributed by atoms with E-state index in [1.807, 2.05) is 20.8 Å². The molecule has 0 saturated heterocycles. The lowest BCUT2D eigenvalue weighted by atomic mass is 9.61. The number of benzene rings is 2. The summed E-state index contributed by atoms with van der Waals surface area (Å²) in [7, 11) is 0. The van der Waals surface area contributed by atoms with Gasteiger partial charge in [-0.25, -0.2) is 0 Å². The van der Waals surface area contributed by atoms with Crippen LogP contribution in [0.3, 0.4) is 0 Å². The summed E-state index contributed by atoms with van der Waals surface area (Å²) in [5.41, 5.74) is -3.03. The van der Waals surface area contributed by atoms with Gasteiger partial charge in [-0.3, -0.25) is 24.5 Å². The lowest BCUT2D eigenvalue weighted by Crippen LogP contribution is -2.55. The summed E-state index contributed by atoms with van der Waals surface area (Å²) < 4.78 is 1.63. The Labute approximate surface area is 210 Å². The number of nitriles is 1. The molecule has 11 nitrogen and oxygen atoms in total. The zero-order valence-electron chi connectivity index (χ0n) is 20.0. The fourth-order valence-electron chi connectivity index (χ4n) is 5.28. The number of nitro benzene ring substituents is 1. The van der Waals surface area contributed by atoms with Crippen molar-refractivity contribution in [3.8, 4) is 11.8 Å². The van der Waals surface area contributed by atoms with Crippen LogP contribution in [0.5, 0.6) is 5.75 Å². The van der Waals surface area contributed by atoms with E-state index >= 15 is 0 Å². The molecule has 186 valence electrons. The van der Waals surface area contributed by atoms with Crippen molar-refractivity contribution in [1.29, 1.82) is 5.26 Å². The highest BCUT2D eigenvalue weighted by Crippen LogP contribution is 2.56. The molecule has 0 saturated carbocycles. The fourth-order valence-corrected chi connectivity index (χ4v) is 5.28. The number of phenolic OH excluding ortho intramolecular Hbond substituents is 1. The minimum Gasteiger partial charge on any atom is -0.507 e. The number of fused-ring (bicyclic) bond motifs is 4. The third-order valence-corrected chi connectivity index (χ3v) is 6.86. The molecule has 2 amide bonds. The molecule has 37 heavy (non-hydrogen) atoms. The number of rotatable bonds is 3. The molecule has 0 aliphatic carbocycles. The van der Waals surface area contributed by atoms with Crippen molar-refractivity contribution in [3.05, 3.63) is 81.0 Å². The van der Waals surface area contributed by atoms with Gasteiger partial charge in [-0.1, -0.05) is 12.1 Å². The van der Waals surface area contributed by atoms with Crippen LogP contribution in [0.25, 0.3) is 0 Å². The number of carbonyl (C=O) groups excluding carboxylic acids is 3. The Kier molecular flexibility index (Phi) is 4.98. The predicted octanol–water partition coefficient (Wildman–Crippen LogP) is 3.42. The number of amides is 2. The summed E-state index contributed by atoms with van der Waals surface area (Å²) in [6.07, 6.45) is 1.49. The second kappa shape index (κ2) is 7.76. The highest BCUT2D eigenvalue weighted by Gasteiger charge is 2.64. The molecule has 0 fully saturated rings. The van der Waals surface area contributed by atoms with Gasteiger partial charge in [-0.15, -0.1) is 0 Å². The Hall–Kier alpha value is -4.98. The number of nitrogens with one attached hydrogen (secondary N) is 2. The van der Waals surface area contributed by atoms with Gasteiger partial charge < -0.3 is 20.3 Å². The number of carbonyl (C=O) groups is 3. The van der Waals surface area contributed by atoms with E-state index in [-0.39, 0.29) is 39.4 Å². The molecule has 2 atom stereocenters. The summed E-state index contributed by atoms with van der Waals surface area (Å²) in [5.74, 6) is -4.53. The van der Waals surface area contributed by atoms with E-state index in [2.05, 4.69) is 16.7 Å². The lowest BCUT2D eigenvalue weighted by molar-refractivity contribution is -0.384. The zero-order valence-corrected chi connectivity index (χ0v) is 20.0. The van der Waals surface area contributed by atoms with Gasteiger partial charge in [0.15, 0.2) is 5.78 Å². The van der Waals surface area contributed by atoms with Crippen molar-refractivity contribution >= 4 is 34.8 Å². The van der Waals surface area contributed by atoms with Crippen LogP contribution in [0.4, 0.5) is 17.2 Å². The van der Waals surface area contributed by atoms with E-state index in [0.717, 1.165) is 6.07 Å². The summed E-state index contributed by atoms with van der Waals surface area (Å²) in [4.78, 5) is 52.7. The van der Waals surface area contributed by atoms with E-state index < -0.39 is 45.1 Å². The average molecular weight is 499 g/mol. The highest BCUT2D eigenvalue weighted by molar-refractivity contribution is 6.25. The molecular formula is C26H21N5O6. The van der Waals surface area contributed by atoms with E-state index in [0.29, 0.717) is 0 Å². The monoisotopic (exact) mass is 499 g/mol. The minimum atomic E-state index is -2.11. The molecule has 1 aromatic heterocycles. The molecule has 5 rings (SSSR count). The molecule has 0 unspecified atom stereocenters. The maximum Gasteiger partial charge on any atom is 0.269 e. The maximum absolute atomic E-state index is 14.0. The number of para-hydroxylation sites is 1. The molecule has 1 spiro atoms. The summed E-state index contributed by atoms with van der Waals surface area (Å²) in [6.45, 7) is 5.50. The maximum atomic E-state index is 14.0. The molecule has 2 aliphatic heterocycles. The van der Waals surface area contributed by atoms with Crippen LogP contribution in [0.1, 0.15) is 47.8 Å². The van der Waals surface area contributed by atoms with Crippen molar-refractivity contribution in [2.75, 3.05) is 10.6 Å².